The molecule has 2 atom stereocenters. The number of rotatable bonds is 11. The van der Waals surface area contributed by atoms with E-state index in [1.165, 1.54) is 35.0 Å². The zero-order valence-corrected chi connectivity index (χ0v) is 22.3. The number of hydrogen-bond donors (Lipinski definition) is 0. The predicted molar refractivity (Wildman–Crippen MR) is 128 cm³/mol. The molecule has 0 aliphatic rings. The zero-order valence-electron chi connectivity index (χ0n) is 20.6. The molecule has 1 aromatic heterocycles. The van der Waals surface area contributed by atoms with Crippen molar-refractivity contribution in [1.29, 1.82) is 0 Å². The SMILES string of the molecule is CC[C@@H](O[Si](C)(C)C(C)(C)C)[C@H](Cn1cc([N+](=O)[O-])nc1Cl)OCc1ccc(OC(F)(F)F)cc1. The smallest absolute Gasteiger partial charge is 0.411 e. The van der Waals surface area contributed by atoms with Crippen LogP contribution in [0.2, 0.25) is 23.4 Å². The van der Waals surface area contributed by atoms with Crippen LogP contribution in [0.3, 0.4) is 0 Å². The second-order valence-corrected chi connectivity index (χ2v) is 14.7. The van der Waals surface area contributed by atoms with Crippen molar-refractivity contribution in [3.05, 3.63) is 51.4 Å². The fourth-order valence-corrected chi connectivity index (χ4v) is 4.67. The Hall–Kier alpha value is -2.15. The molecular formula is C22H31ClF3N3O5Si. The summed E-state index contributed by atoms with van der Waals surface area (Å²) in [5.74, 6) is -0.713. The maximum atomic E-state index is 12.4. The van der Waals surface area contributed by atoms with Gasteiger partial charge in [-0.1, -0.05) is 39.8 Å². The van der Waals surface area contributed by atoms with Gasteiger partial charge in [-0.05, 0) is 63.8 Å². The molecule has 0 amide bonds. The lowest BCUT2D eigenvalue weighted by molar-refractivity contribution is -0.389. The van der Waals surface area contributed by atoms with Crippen molar-refractivity contribution in [3.63, 3.8) is 0 Å². The molecule has 196 valence electrons. The van der Waals surface area contributed by atoms with Crippen molar-refractivity contribution in [2.45, 2.75) is 84.0 Å². The van der Waals surface area contributed by atoms with Crippen molar-refractivity contribution in [2.75, 3.05) is 0 Å². The first-order valence-corrected chi connectivity index (χ1v) is 14.3. The summed E-state index contributed by atoms with van der Waals surface area (Å²) < 4.78 is 55.4. The van der Waals surface area contributed by atoms with Gasteiger partial charge in [0.15, 0.2) is 8.32 Å². The number of hydrogen-bond acceptors (Lipinski definition) is 6. The predicted octanol–water partition coefficient (Wildman–Crippen LogP) is 6.73. The first-order valence-electron chi connectivity index (χ1n) is 11.0. The topological polar surface area (TPSA) is 88.7 Å². The number of aromatic nitrogens is 2. The highest BCUT2D eigenvalue weighted by Crippen LogP contribution is 2.38. The summed E-state index contributed by atoms with van der Waals surface area (Å²) in [4.78, 5) is 14.2. The standard InChI is InChI=1S/C22H31ClF3N3O5Si/c1-7-17(34-35(5,6)21(2,3)4)18(12-28-13-19(29(30)31)27-20(28)23)32-14-15-8-10-16(11-9-15)33-22(24,25)26/h8-11,13,17-18H,7,12,14H2,1-6H3/t17-,18+/m1/s1. The zero-order chi connectivity index (χ0) is 26.6. The molecule has 13 heteroatoms. The monoisotopic (exact) mass is 537 g/mol. The molecule has 2 rings (SSSR count). The van der Waals surface area contributed by atoms with E-state index in [2.05, 4.69) is 43.6 Å². The van der Waals surface area contributed by atoms with Gasteiger partial charge in [0.25, 0.3) is 0 Å². The molecule has 0 saturated carbocycles. The van der Waals surface area contributed by atoms with Crippen molar-refractivity contribution < 1.29 is 32.0 Å². The van der Waals surface area contributed by atoms with E-state index in [9.17, 15) is 23.3 Å². The molecule has 0 bridgehead atoms. The molecule has 0 spiro atoms. The van der Waals surface area contributed by atoms with Gasteiger partial charge in [0, 0.05) is 0 Å². The average Bonchev–Trinajstić information content (AvgIpc) is 3.09. The molecule has 1 heterocycles. The first kappa shape index (κ1) is 29.1. The summed E-state index contributed by atoms with van der Waals surface area (Å²) in [6.07, 6.45) is -3.86. The third-order valence-corrected chi connectivity index (χ3v) is 10.8. The Balaban J connectivity index is 2.26. The first-order chi connectivity index (χ1) is 16.0. The summed E-state index contributed by atoms with van der Waals surface area (Å²) in [7, 11) is -2.20. The number of nitro groups is 1. The molecule has 0 N–H and O–H groups in total. The highest BCUT2D eigenvalue weighted by molar-refractivity contribution is 6.74. The Labute approximate surface area is 208 Å². The number of ether oxygens (including phenoxy) is 2. The van der Waals surface area contributed by atoms with E-state index in [0.717, 1.165) is 0 Å². The van der Waals surface area contributed by atoms with Gasteiger partial charge in [0.1, 0.15) is 18.1 Å². The molecule has 1 aromatic carbocycles. The summed E-state index contributed by atoms with van der Waals surface area (Å²) in [5, 5.41) is 11.0. The lowest BCUT2D eigenvalue weighted by Crippen LogP contribution is -2.48. The largest absolute Gasteiger partial charge is 0.573 e. The number of halogens is 4. The van der Waals surface area contributed by atoms with Crippen molar-refractivity contribution in [1.82, 2.24) is 9.55 Å². The van der Waals surface area contributed by atoms with Gasteiger partial charge in [-0.15, -0.1) is 13.2 Å². The molecule has 0 aliphatic heterocycles. The Kier molecular flexibility index (Phi) is 9.37. The van der Waals surface area contributed by atoms with Crippen LogP contribution in [-0.2, 0) is 22.3 Å². The van der Waals surface area contributed by atoms with Crippen LogP contribution in [0.4, 0.5) is 19.0 Å². The van der Waals surface area contributed by atoms with Crippen molar-refractivity contribution in [2.24, 2.45) is 0 Å². The molecule has 35 heavy (non-hydrogen) atoms. The molecule has 0 aliphatic carbocycles. The van der Waals surface area contributed by atoms with Gasteiger partial charge >= 0.3 is 17.5 Å². The lowest BCUT2D eigenvalue weighted by Gasteiger charge is -2.41. The minimum absolute atomic E-state index is 0.0545. The minimum atomic E-state index is -4.77. The molecule has 8 nitrogen and oxygen atoms in total. The number of benzene rings is 1. The highest BCUT2D eigenvalue weighted by Gasteiger charge is 2.41. The molecule has 0 radical (unpaired) electrons. The molecule has 0 unspecified atom stereocenters. The number of nitrogens with zero attached hydrogens (tertiary/aromatic N) is 3. The van der Waals surface area contributed by atoms with Crippen LogP contribution in [0, 0.1) is 10.1 Å². The normalized spacial score (nSPS) is 14.6. The van der Waals surface area contributed by atoms with E-state index in [-0.39, 0.29) is 41.1 Å². The van der Waals surface area contributed by atoms with Gasteiger partial charge in [0.05, 0.1) is 19.3 Å². The summed E-state index contributed by atoms with van der Waals surface area (Å²) in [6, 6.07) is 5.37. The van der Waals surface area contributed by atoms with Crippen LogP contribution in [0.15, 0.2) is 30.5 Å². The van der Waals surface area contributed by atoms with Gasteiger partial charge < -0.3 is 24.0 Å². The van der Waals surface area contributed by atoms with Crippen LogP contribution in [0.25, 0.3) is 0 Å². The van der Waals surface area contributed by atoms with Crippen LogP contribution >= 0.6 is 11.6 Å². The Morgan fingerprint density at radius 2 is 1.77 bits per heavy atom. The van der Waals surface area contributed by atoms with Gasteiger partial charge in [-0.25, -0.2) is 0 Å². The summed E-state index contributed by atoms with van der Waals surface area (Å²) in [5.41, 5.74) is 0.620. The highest BCUT2D eigenvalue weighted by atomic mass is 35.5. The van der Waals surface area contributed by atoms with E-state index in [1.54, 1.807) is 0 Å². The second-order valence-electron chi connectivity index (χ2n) is 9.64. The van der Waals surface area contributed by atoms with E-state index < -0.39 is 25.7 Å². The maximum Gasteiger partial charge on any atom is 0.573 e. The Morgan fingerprint density at radius 3 is 2.23 bits per heavy atom. The van der Waals surface area contributed by atoms with Gasteiger partial charge in [-0.2, -0.15) is 0 Å². The quantitative estimate of drug-likeness (QED) is 0.179. The molecule has 2 aromatic rings. The Bertz CT molecular complexity index is 994. The maximum absolute atomic E-state index is 12.4. The molecule has 0 saturated heterocycles. The minimum Gasteiger partial charge on any atom is -0.411 e. The summed E-state index contributed by atoms with van der Waals surface area (Å²) >= 11 is 6.13. The van der Waals surface area contributed by atoms with E-state index in [0.29, 0.717) is 12.0 Å². The van der Waals surface area contributed by atoms with Crippen LogP contribution in [0.1, 0.15) is 39.7 Å². The fourth-order valence-electron chi connectivity index (χ4n) is 3.04. The van der Waals surface area contributed by atoms with E-state index in [4.69, 9.17) is 20.8 Å². The van der Waals surface area contributed by atoms with Gasteiger partial charge in [0.2, 0.25) is 0 Å². The third-order valence-electron chi connectivity index (χ3n) is 5.97. The number of imidazole rings is 1. The van der Waals surface area contributed by atoms with Crippen LogP contribution < -0.4 is 4.74 Å². The van der Waals surface area contributed by atoms with E-state index >= 15 is 0 Å². The van der Waals surface area contributed by atoms with Crippen LogP contribution in [-0.4, -0.2) is 41.4 Å². The van der Waals surface area contributed by atoms with Crippen molar-refractivity contribution in [3.8, 4) is 5.75 Å². The van der Waals surface area contributed by atoms with Crippen LogP contribution in [0.5, 0.6) is 5.75 Å². The van der Waals surface area contributed by atoms with Gasteiger partial charge in [-0.3, -0.25) is 4.57 Å². The lowest BCUT2D eigenvalue weighted by atomic mass is 10.1. The number of alkyl halides is 3. The Morgan fingerprint density at radius 1 is 1.17 bits per heavy atom. The third kappa shape index (κ3) is 8.48. The summed E-state index contributed by atoms with van der Waals surface area (Å²) in [6.45, 7) is 12.7. The van der Waals surface area contributed by atoms with E-state index in [1.807, 2.05) is 6.92 Å². The fraction of sp³-hybridized carbons (Fsp3) is 0.591. The van der Waals surface area contributed by atoms with Crippen molar-refractivity contribution >= 4 is 25.7 Å². The average molecular weight is 538 g/mol. The second kappa shape index (κ2) is 11.3. The molecule has 0 fully saturated rings. The molecular weight excluding hydrogens is 507 g/mol.